The van der Waals surface area contributed by atoms with Crippen molar-refractivity contribution in [2.45, 2.75) is 45.1 Å². The number of benzene rings is 2. The molecule has 1 aliphatic heterocycles. The van der Waals surface area contributed by atoms with Gasteiger partial charge in [0, 0.05) is 6.54 Å². The average molecular weight is 368 g/mol. The number of nitrogens with zero attached hydrogens (tertiary/aromatic N) is 1. The van der Waals surface area contributed by atoms with E-state index in [2.05, 4.69) is 55.1 Å². The summed E-state index contributed by atoms with van der Waals surface area (Å²) in [6.45, 7) is 7.51. The smallest absolute Gasteiger partial charge is 0.122 e. The van der Waals surface area contributed by atoms with Gasteiger partial charge in [-0.15, -0.1) is 0 Å². The van der Waals surface area contributed by atoms with Gasteiger partial charge in [0.2, 0.25) is 0 Å². The molecule has 1 aliphatic rings. The summed E-state index contributed by atoms with van der Waals surface area (Å²) < 4.78 is 5.93. The van der Waals surface area contributed by atoms with Gasteiger partial charge in [-0.2, -0.15) is 0 Å². The molecule has 146 valence electrons. The molecule has 1 heterocycles. The van der Waals surface area contributed by atoms with E-state index in [1.54, 1.807) is 0 Å². The Bertz CT molecular complexity index is 678. The average Bonchev–Trinajstić information content (AvgIpc) is 2.69. The number of aliphatic hydroxyl groups excluding tert-OH is 1. The van der Waals surface area contributed by atoms with Crippen LogP contribution in [-0.4, -0.2) is 42.4 Å². The molecule has 0 aliphatic carbocycles. The van der Waals surface area contributed by atoms with Crippen molar-refractivity contribution in [1.29, 1.82) is 0 Å². The van der Waals surface area contributed by atoms with Gasteiger partial charge in [-0.1, -0.05) is 62.4 Å². The zero-order valence-electron chi connectivity index (χ0n) is 16.7. The summed E-state index contributed by atoms with van der Waals surface area (Å²) in [5.41, 5.74) is 2.64. The summed E-state index contributed by atoms with van der Waals surface area (Å²) in [6, 6.07) is 18.9. The SMILES string of the molecule is CC(C)c1ccccc1OCC(O)CN1CCC(Cc2ccccc2)CC1. The van der Waals surface area contributed by atoms with Gasteiger partial charge in [-0.05, 0) is 61.4 Å². The second kappa shape index (κ2) is 9.91. The molecule has 3 heteroatoms. The van der Waals surface area contributed by atoms with E-state index in [1.807, 2.05) is 18.2 Å². The molecule has 1 unspecified atom stereocenters. The van der Waals surface area contributed by atoms with Gasteiger partial charge in [0.05, 0.1) is 0 Å². The summed E-state index contributed by atoms with van der Waals surface area (Å²) in [5, 5.41) is 10.4. The lowest BCUT2D eigenvalue weighted by Gasteiger charge is -2.33. The molecule has 1 N–H and O–H groups in total. The van der Waals surface area contributed by atoms with E-state index in [4.69, 9.17) is 4.74 Å². The summed E-state index contributed by atoms with van der Waals surface area (Å²) >= 11 is 0. The molecular formula is C24H33NO2. The lowest BCUT2D eigenvalue weighted by Crippen LogP contribution is -2.41. The molecule has 0 spiro atoms. The third-order valence-electron chi connectivity index (χ3n) is 5.52. The Morgan fingerprint density at radius 2 is 1.67 bits per heavy atom. The zero-order valence-corrected chi connectivity index (χ0v) is 16.7. The largest absolute Gasteiger partial charge is 0.491 e. The normalized spacial score (nSPS) is 17.2. The Morgan fingerprint density at radius 1 is 1.00 bits per heavy atom. The first kappa shape index (κ1) is 19.9. The van der Waals surface area contributed by atoms with Crippen LogP contribution in [0.5, 0.6) is 5.75 Å². The van der Waals surface area contributed by atoms with E-state index in [-0.39, 0.29) is 0 Å². The van der Waals surface area contributed by atoms with Crippen LogP contribution in [0.3, 0.4) is 0 Å². The molecule has 1 fully saturated rings. The molecule has 1 atom stereocenters. The van der Waals surface area contributed by atoms with Crippen LogP contribution in [0, 0.1) is 5.92 Å². The molecule has 3 nitrogen and oxygen atoms in total. The highest BCUT2D eigenvalue weighted by Crippen LogP contribution is 2.26. The first-order valence-corrected chi connectivity index (χ1v) is 10.3. The molecule has 2 aromatic carbocycles. The molecule has 0 amide bonds. The minimum absolute atomic E-state index is 0.355. The standard InChI is InChI=1S/C24H33NO2/c1-19(2)23-10-6-7-11-24(23)27-18-22(26)17-25-14-12-21(13-15-25)16-20-8-4-3-5-9-20/h3-11,19,21-22,26H,12-18H2,1-2H3. The van der Waals surface area contributed by atoms with Crippen LogP contribution in [0.25, 0.3) is 0 Å². The number of rotatable bonds is 8. The lowest BCUT2D eigenvalue weighted by atomic mass is 9.90. The van der Waals surface area contributed by atoms with Gasteiger partial charge in [0.1, 0.15) is 18.5 Å². The molecule has 0 bridgehead atoms. The van der Waals surface area contributed by atoms with Crippen molar-refractivity contribution < 1.29 is 9.84 Å². The number of para-hydroxylation sites is 1. The van der Waals surface area contributed by atoms with E-state index in [0.29, 0.717) is 19.1 Å². The van der Waals surface area contributed by atoms with Crippen molar-refractivity contribution in [3.05, 3.63) is 65.7 Å². The minimum atomic E-state index is -0.448. The van der Waals surface area contributed by atoms with Crippen LogP contribution in [0.1, 0.15) is 43.7 Å². The molecule has 1 saturated heterocycles. The molecule has 27 heavy (non-hydrogen) atoms. The van der Waals surface area contributed by atoms with E-state index in [1.165, 1.54) is 30.4 Å². The van der Waals surface area contributed by atoms with Crippen molar-refractivity contribution in [3.8, 4) is 5.75 Å². The molecular weight excluding hydrogens is 334 g/mol. The first-order chi connectivity index (χ1) is 13.1. The van der Waals surface area contributed by atoms with Crippen molar-refractivity contribution in [3.63, 3.8) is 0 Å². The number of β-amino-alcohol motifs (C(OH)–C–C–N with tert-alkyl or cyclic N) is 1. The minimum Gasteiger partial charge on any atom is -0.491 e. The summed E-state index contributed by atoms with van der Waals surface area (Å²) in [7, 11) is 0. The summed E-state index contributed by atoms with van der Waals surface area (Å²) in [5.74, 6) is 2.07. The Balaban J connectivity index is 1.40. The molecule has 2 aromatic rings. The fourth-order valence-corrected chi connectivity index (χ4v) is 3.95. The van der Waals surface area contributed by atoms with E-state index < -0.39 is 6.10 Å². The Hall–Kier alpha value is -1.84. The highest BCUT2D eigenvalue weighted by atomic mass is 16.5. The summed E-state index contributed by atoms with van der Waals surface area (Å²) in [4.78, 5) is 2.38. The van der Waals surface area contributed by atoms with Crippen molar-refractivity contribution in [2.75, 3.05) is 26.2 Å². The monoisotopic (exact) mass is 367 g/mol. The Kier molecular flexibility index (Phi) is 7.31. The van der Waals surface area contributed by atoms with Crippen LogP contribution in [0.4, 0.5) is 0 Å². The molecule has 0 saturated carbocycles. The number of likely N-dealkylation sites (tertiary alicyclic amines) is 1. The molecule has 0 radical (unpaired) electrons. The lowest BCUT2D eigenvalue weighted by molar-refractivity contribution is 0.0547. The number of hydrogen-bond donors (Lipinski definition) is 1. The van der Waals surface area contributed by atoms with Crippen molar-refractivity contribution in [1.82, 2.24) is 4.90 Å². The van der Waals surface area contributed by atoms with Crippen LogP contribution in [-0.2, 0) is 6.42 Å². The maximum Gasteiger partial charge on any atom is 0.122 e. The van der Waals surface area contributed by atoms with Gasteiger partial charge in [0.25, 0.3) is 0 Å². The first-order valence-electron chi connectivity index (χ1n) is 10.3. The fraction of sp³-hybridized carbons (Fsp3) is 0.500. The highest BCUT2D eigenvalue weighted by Gasteiger charge is 2.21. The number of piperidine rings is 1. The second-order valence-corrected chi connectivity index (χ2v) is 8.09. The Morgan fingerprint density at radius 3 is 2.37 bits per heavy atom. The van der Waals surface area contributed by atoms with Crippen LogP contribution in [0.2, 0.25) is 0 Å². The van der Waals surface area contributed by atoms with Gasteiger partial charge in [-0.25, -0.2) is 0 Å². The second-order valence-electron chi connectivity index (χ2n) is 8.09. The maximum absolute atomic E-state index is 10.4. The molecule has 3 rings (SSSR count). The topological polar surface area (TPSA) is 32.7 Å². The van der Waals surface area contributed by atoms with Crippen LogP contribution < -0.4 is 4.74 Å². The third kappa shape index (κ3) is 6.08. The predicted molar refractivity (Wildman–Crippen MR) is 111 cm³/mol. The number of ether oxygens (including phenoxy) is 1. The van der Waals surface area contributed by atoms with Gasteiger partial charge in [-0.3, -0.25) is 0 Å². The van der Waals surface area contributed by atoms with Gasteiger partial charge < -0.3 is 14.7 Å². The van der Waals surface area contributed by atoms with Gasteiger partial charge >= 0.3 is 0 Å². The predicted octanol–water partition coefficient (Wildman–Crippen LogP) is 4.50. The van der Waals surface area contributed by atoms with Crippen LogP contribution in [0.15, 0.2) is 54.6 Å². The third-order valence-corrected chi connectivity index (χ3v) is 5.52. The summed E-state index contributed by atoms with van der Waals surface area (Å²) in [6.07, 6.45) is 3.14. The van der Waals surface area contributed by atoms with E-state index in [9.17, 15) is 5.11 Å². The van der Waals surface area contributed by atoms with Gasteiger partial charge in [0.15, 0.2) is 0 Å². The number of aliphatic hydroxyl groups is 1. The number of hydrogen-bond acceptors (Lipinski definition) is 3. The van der Waals surface area contributed by atoms with E-state index >= 15 is 0 Å². The van der Waals surface area contributed by atoms with E-state index in [0.717, 1.165) is 24.8 Å². The quantitative estimate of drug-likeness (QED) is 0.745. The zero-order chi connectivity index (χ0) is 19.1. The Labute approximate surface area is 164 Å². The highest BCUT2D eigenvalue weighted by molar-refractivity contribution is 5.35. The van der Waals surface area contributed by atoms with Crippen LogP contribution >= 0.6 is 0 Å². The molecule has 0 aromatic heterocycles. The fourth-order valence-electron chi connectivity index (χ4n) is 3.95. The van der Waals surface area contributed by atoms with Crippen molar-refractivity contribution in [2.24, 2.45) is 5.92 Å². The van der Waals surface area contributed by atoms with Crippen molar-refractivity contribution >= 4 is 0 Å². The maximum atomic E-state index is 10.4.